The molecule has 0 bridgehead atoms. The Bertz CT molecular complexity index is 260. The van der Waals surface area contributed by atoms with E-state index in [-0.39, 0.29) is 30.4 Å². The molecule has 5 heteroatoms. The average molecular weight is 260 g/mol. The van der Waals surface area contributed by atoms with Crippen LogP contribution in [0, 0.1) is 5.92 Å². The molecular formula is C13H24O5. The van der Waals surface area contributed by atoms with Gasteiger partial charge in [-0.2, -0.15) is 0 Å². The van der Waals surface area contributed by atoms with Crippen LogP contribution in [0.5, 0.6) is 0 Å². The molecule has 0 heterocycles. The summed E-state index contributed by atoms with van der Waals surface area (Å²) >= 11 is 0. The standard InChI is InChI=1S/C13H24O5/c1-9(2)13(15)18-11(5)12(14)8-16-6-7-17-10(3)4/h9-11H,6-8H2,1-5H3. The van der Waals surface area contributed by atoms with Crippen LogP contribution in [0.1, 0.15) is 34.6 Å². The lowest BCUT2D eigenvalue weighted by molar-refractivity contribution is -0.158. The number of carbonyl (C=O) groups excluding carboxylic acids is 2. The summed E-state index contributed by atoms with van der Waals surface area (Å²) in [7, 11) is 0. The molecule has 0 amide bonds. The van der Waals surface area contributed by atoms with Crippen LogP contribution in [-0.4, -0.2) is 43.8 Å². The van der Waals surface area contributed by atoms with Crippen molar-refractivity contribution in [3.8, 4) is 0 Å². The smallest absolute Gasteiger partial charge is 0.309 e. The van der Waals surface area contributed by atoms with Crippen LogP contribution in [-0.2, 0) is 23.8 Å². The molecule has 0 spiro atoms. The van der Waals surface area contributed by atoms with Gasteiger partial charge in [-0.25, -0.2) is 0 Å². The highest BCUT2D eigenvalue weighted by Crippen LogP contribution is 2.01. The molecular weight excluding hydrogens is 236 g/mol. The normalized spacial score (nSPS) is 12.8. The van der Waals surface area contributed by atoms with Crippen LogP contribution < -0.4 is 0 Å². The Labute approximate surface area is 109 Å². The summed E-state index contributed by atoms with van der Waals surface area (Å²) in [5.74, 6) is -0.854. The number of rotatable bonds is 9. The third-order valence-electron chi connectivity index (χ3n) is 2.14. The molecule has 0 aromatic rings. The zero-order chi connectivity index (χ0) is 14.1. The summed E-state index contributed by atoms with van der Waals surface area (Å²) in [5, 5.41) is 0. The first kappa shape index (κ1) is 17.1. The average Bonchev–Trinajstić information content (AvgIpc) is 2.27. The van der Waals surface area contributed by atoms with Gasteiger partial charge >= 0.3 is 5.97 Å². The SMILES string of the molecule is CC(C)OCCOCC(=O)C(C)OC(=O)C(C)C. The molecule has 0 N–H and O–H groups in total. The third kappa shape index (κ3) is 8.20. The van der Waals surface area contributed by atoms with Crippen LogP contribution in [0.25, 0.3) is 0 Å². The van der Waals surface area contributed by atoms with Crippen LogP contribution in [0.3, 0.4) is 0 Å². The Balaban J connectivity index is 3.72. The predicted octanol–water partition coefficient (Wildman–Crippen LogP) is 1.58. The monoisotopic (exact) mass is 260 g/mol. The minimum absolute atomic E-state index is 0.0615. The van der Waals surface area contributed by atoms with E-state index in [9.17, 15) is 9.59 Å². The molecule has 1 atom stereocenters. The van der Waals surface area contributed by atoms with E-state index in [1.54, 1.807) is 20.8 Å². The van der Waals surface area contributed by atoms with Gasteiger partial charge in [0.1, 0.15) is 6.61 Å². The summed E-state index contributed by atoms with van der Waals surface area (Å²) in [4.78, 5) is 22.8. The van der Waals surface area contributed by atoms with Gasteiger partial charge in [0.15, 0.2) is 11.9 Å². The quantitative estimate of drug-likeness (QED) is 0.465. The van der Waals surface area contributed by atoms with Crippen LogP contribution >= 0.6 is 0 Å². The number of ether oxygens (including phenoxy) is 3. The van der Waals surface area contributed by atoms with Gasteiger partial charge in [0.05, 0.1) is 25.2 Å². The highest BCUT2D eigenvalue weighted by atomic mass is 16.6. The van der Waals surface area contributed by atoms with Gasteiger partial charge in [-0.15, -0.1) is 0 Å². The molecule has 0 aliphatic heterocycles. The summed E-state index contributed by atoms with van der Waals surface area (Å²) in [6, 6.07) is 0. The molecule has 18 heavy (non-hydrogen) atoms. The largest absolute Gasteiger partial charge is 0.454 e. The molecule has 0 radical (unpaired) electrons. The number of carbonyl (C=O) groups is 2. The van der Waals surface area contributed by atoms with Crippen LogP contribution in [0.4, 0.5) is 0 Å². The molecule has 0 aliphatic carbocycles. The van der Waals surface area contributed by atoms with E-state index in [0.29, 0.717) is 13.2 Å². The zero-order valence-electron chi connectivity index (χ0n) is 11.9. The summed E-state index contributed by atoms with van der Waals surface area (Å²) in [6.07, 6.45) is -0.610. The van der Waals surface area contributed by atoms with Gasteiger partial charge in [-0.3, -0.25) is 9.59 Å². The highest BCUT2D eigenvalue weighted by molar-refractivity contribution is 5.86. The topological polar surface area (TPSA) is 61.8 Å². The Hall–Kier alpha value is -0.940. The Kier molecular flexibility index (Phi) is 8.58. The van der Waals surface area contributed by atoms with Crippen molar-refractivity contribution >= 4 is 11.8 Å². The summed E-state index contributed by atoms with van der Waals surface area (Å²) in [5.41, 5.74) is 0. The molecule has 0 rings (SSSR count). The minimum Gasteiger partial charge on any atom is -0.454 e. The number of ketones is 1. The second kappa shape index (κ2) is 9.05. The molecule has 0 aromatic heterocycles. The first-order valence-electron chi connectivity index (χ1n) is 6.27. The van der Waals surface area contributed by atoms with Gasteiger partial charge in [0.2, 0.25) is 0 Å². The Morgan fingerprint density at radius 3 is 2.11 bits per heavy atom. The molecule has 106 valence electrons. The molecule has 1 unspecified atom stereocenters. The third-order valence-corrected chi connectivity index (χ3v) is 2.14. The van der Waals surface area contributed by atoms with Gasteiger partial charge in [-0.1, -0.05) is 13.8 Å². The molecule has 0 fully saturated rings. The maximum absolute atomic E-state index is 11.6. The van der Waals surface area contributed by atoms with Crippen molar-refractivity contribution in [2.45, 2.75) is 46.8 Å². The van der Waals surface area contributed by atoms with Gasteiger partial charge in [0, 0.05) is 0 Å². The molecule has 5 nitrogen and oxygen atoms in total. The van der Waals surface area contributed by atoms with E-state index in [0.717, 1.165) is 0 Å². The van der Waals surface area contributed by atoms with Gasteiger partial charge < -0.3 is 14.2 Å². The summed E-state index contributed by atoms with van der Waals surface area (Å²) in [6.45, 7) is 9.60. The molecule has 0 aromatic carbocycles. The molecule has 0 saturated carbocycles. The fraction of sp³-hybridized carbons (Fsp3) is 0.846. The molecule has 0 saturated heterocycles. The Morgan fingerprint density at radius 1 is 1.00 bits per heavy atom. The first-order chi connectivity index (χ1) is 8.34. The van der Waals surface area contributed by atoms with E-state index in [2.05, 4.69) is 0 Å². The Morgan fingerprint density at radius 2 is 1.61 bits per heavy atom. The lowest BCUT2D eigenvalue weighted by atomic mass is 10.2. The van der Waals surface area contributed by atoms with E-state index in [1.807, 2.05) is 13.8 Å². The van der Waals surface area contributed by atoms with Crippen molar-refractivity contribution in [3.63, 3.8) is 0 Å². The number of hydrogen-bond donors (Lipinski definition) is 0. The van der Waals surface area contributed by atoms with Crippen molar-refractivity contribution in [3.05, 3.63) is 0 Å². The number of Topliss-reactive ketones (excluding diaryl/α,β-unsaturated/α-hetero) is 1. The minimum atomic E-state index is -0.758. The summed E-state index contributed by atoms with van der Waals surface area (Å²) < 4.78 is 15.4. The van der Waals surface area contributed by atoms with Crippen LogP contribution in [0.15, 0.2) is 0 Å². The lowest BCUT2D eigenvalue weighted by Gasteiger charge is -2.14. The van der Waals surface area contributed by atoms with Gasteiger partial charge in [0.25, 0.3) is 0 Å². The van der Waals surface area contributed by atoms with Crippen molar-refractivity contribution in [2.24, 2.45) is 5.92 Å². The van der Waals surface area contributed by atoms with E-state index >= 15 is 0 Å². The second-order valence-electron chi connectivity index (χ2n) is 4.67. The van der Waals surface area contributed by atoms with Crippen molar-refractivity contribution in [1.29, 1.82) is 0 Å². The van der Waals surface area contributed by atoms with E-state index in [4.69, 9.17) is 14.2 Å². The van der Waals surface area contributed by atoms with E-state index < -0.39 is 6.10 Å². The highest BCUT2D eigenvalue weighted by Gasteiger charge is 2.19. The van der Waals surface area contributed by atoms with E-state index in [1.165, 1.54) is 0 Å². The van der Waals surface area contributed by atoms with Gasteiger partial charge in [-0.05, 0) is 20.8 Å². The van der Waals surface area contributed by atoms with Crippen molar-refractivity contribution in [2.75, 3.05) is 19.8 Å². The second-order valence-corrected chi connectivity index (χ2v) is 4.67. The maximum Gasteiger partial charge on any atom is 0.309 e. The molecule has 0 aliphatic rings. The first-order valence-corrected chi connectivity index (χ1v) is 6.27. The van der Waals surface area contributed by atoms with Crippen LogP contribution in [0.2, 0.25) is 0 Å². The number of esters is 1. The number of hydrogen-bond acceptors (Lipinski definition) is 5. The fourth-order valence-corrected chi connectivity index (χ4v) is 1.01. The zero-order valence-corrected chi connectivity index (χ0v) is 11.9. The maximum atomic E-state index is 11.6. The lowest BCUT2D eigenvalue weighted by Crippen LogP contribution is -2.29. The predicted molar refractivity (Wildman–Crippen MR) is 67.3 cm³/mol. The van der Waals surface area contributed by atoms with Crippen molar-refractivity contribution in [1.82, 2.24) is 0 Å². The van der Waals surface area contributed by atoms with Crippen molar-refractivity contribution < 1.29 is 23.8 Å². The fourth-order valence-electron chi connectivity index (χ4n) is 1.01.